The Kier molecular flexibility index (Phi) is 5.09. The lowest BCUT2D eigenvalue weighted by Gasteiger charge is -2.43. The molecule has 1 saturated heterocycles. The molecule has 4 rings (SSSR count). The Morgan fingerprint density at radius 1 is 1.08 bits per heavy atom. The van der Waals surface area contributed by atoms with E-state index in [4.69, 9.17) is 0 Å². The van der Waals surface area contributed by atoms with Crippen molar-refractivity contribution in [2.24, 2.45) is 5.92 Å². The van der Waals surface area contributed by atoms with Crippen molar-refractivity contribution in [3.05, 3.63) is 35.4 Å². The Labute approximate surface area is 150 Å². The van der Waals surface area contributed by atoms with Gasteiger partial charge in [-0.05, 0) is 42.7 Å². The molecule has 0 bridgehead atoms. The highest BCUT2D eigenvalue weighted by Gasteiger charge is 2.37. The molecular weight excluding hydrogens is 312 g/mol. The van der Waals surface area contributed by atoms with Crippen molar-refractivity contribution in [1.29, 1.82) is 0 Å². The van der Waals surface area contributed by atoms with Crippen LogP contribution in [0.25, 0.3) is 0 Å². The predicted octanol–water partition coefficient (Wildman–Crippen LogP) is 2.76. The molecule has 2 heterocycles. The lowest BCUT2D eigenvalue weighted by atomic mass is 9.77. The van der Waals surface area contributed by atoms with Crippen LogP contribution in [0.15, 0.2) is 24.3 Å². The van der Waals surface area contributed by atoms with E-state index in [0.29, 0.717) is 19.0 Å². The molecule has 0 spiro atoms. The number of nitrogens with zero attached hydrogens (tertiary/aromatic N) is 2. The van der Waals surface area contributed by atoms with Gasteiger partial charge in [-0.1, -0.05) is 43.5 Å². The Hall–Kier alpha value is -1.39. The third kappa shape index (κ3) is 3.61. The first-order valence-corrected chi connectivity index (χ1v) is 10.00. The van der Waals surface area contributed by atoms with Crippen LogP contribution in [0.2, 0.25) is 0 Å². The maximum atomic E-state index is 13.1. The van der Waals surface area contributed by atoms with Crippen LogP contribution in [-0.2, 0) is 11.2 Å². The number of β-amino-alcohol motifs (C(OH)–C–C–N with tert-alkyl or cyclic N) is 1. The van der Waals surface area contributed by atoms with Crippen molar-refractivity contribution in [1.82, 2.24) is 9.80 Å². The van der Waals surface area contributed by atoms with Crippen molar-refractivity contribution in [3.8, 4) is 0 Å². The van der Waals surface area contributed by atoms with E-state index < -0.39 is 0 Å². The molecule has 25 heavy (non-hydrogen) atoms. The van der Waals surface area contributed by atoms with Gasteiger partial charge in [-0.25, -0.2) is 0 Å². The second-order valence-electron chi connectivity index (χ2n) is 8.06. The van der Waals surface area contributed by atoms with Crippen molar-refractivity contribution in [2.75, 3.05) is 26.2 Å². The van der Waals surface area contributed by atoms with Gasteiger partial charge in [0.2, 0.25) is 5.91 Å². The van der Waals surface area contributed by atoms with E-state index in [2.05, 4.69) is 34.1 Å². The Morgan fingerprint density at radius 2 is 1.88 bits per heavy atom. The molecule has 2 atom stereocenters. The summed E-state index contributed by atoms with van der Waals surface area (Å²) in [6.45, 7) is 2.78. The van der Waals surface area contributed by atoms with Crippen LogP contribution in [0.5, 0.6) is 0 Å². The van der Waals surface area contributed by atoms with Crippen molar-refractivity contribution < 1.29 is 9.90 Å². The maximum Gasteiger partial charge on any atom is 0.237 e. The molecule has 2 fully saturated rings. The highest BCUT2D eigenvalue weighted by atomic mass is 16.3. The third-order valence-corrected chi connectivity index (χ3v) is 6.35. The topological polar surface area (TPSA) is 43.8 Å². The molecule has 2 aliphatic heterocycles. The predicted molar refractivity (Wildman–Crippen MR) is 98.2 cm³/mol. The Bertz CT molecular complexity index is 612. The standard InChI is InChI=1S/C21H30N2O2/c24-18-11-12-22(14-18)15-20(25)23-13-10-16-6-4-5-9-19(16)21(23)17-7-2-1-3-8-17/h4-6,9,17-18,21,24H,1-3,7-8,10-15H2/t18-,21?/m1/s1. The highest BCUT2D eigenvalue weighted by Crippen LogP contribution is 2.42. The van der Waals surface area contributed by atoms with Gasteiger partial charge in [0.05, 0.1) is 18.7 Å². The Balaban J connectivity index is 1.55. The largest absolute Gasteiger partial charge is 0.392 e. The lowest BCUT2D eigenvalue weighted by Crippen LogP contribution is -2.47. The van der Waals surface area contributed by atoms with E-state index in [1.165, 1.54) is 43.2 Å². The van der Waals surface area contributed by atoms with E-state index in [-0.39, 0.29) is 18.1 Å². The molecule has 3 aliphatic rings. The molecule has 4 nitrogen and oxygen atoms in total. The molecular formula is C21H30N2O2. The zero-order valence-corrected chi connectivity index (χ0v) is 15.1. The van der Waals surface area contributed by atoms with Gasteiger partial charge in [-0.2, -0.15) is 0 Å². The van der Waals surface area contributed by atoms with Gasteiger partial charge in [0.15, 0.2) is 0 Å². The van der Waals surface area contributed by atoms with Crippen LogP contribution in [0.3, 0.4) is 0 Å². The Morgan fingerprint density at radius 3 is 2.64 bits per heavy atom. The first kappa shape index (κ1) is 17.0. The van der Waals surface area contributed by atoms with Gasteiger partial charge in [0.25, 0.3) is 0 Å². The summed E-state index contributed by atoms with van der Waals surface area (Å²) in [7, 11) is 0. The molecule has 0 radical (unpaired) electrons. The van der Waals surface area contributed by atoms with Crippen LogP contribution in [-0.4, -0.2) is 53.1 Å². The van der Waals surface area contributed by atoms with Gasteiger partial charge in [-0.3, -0.25) is 9.69 Å². The smallest absolute Gasteiger partial charge is 0.237 e. The normalized spacial score (nSPS) is 28.1. The second-order valence-corrected chi connectivity index (χ2v) is 8.06. The lowest BCUT2D eigenvalue weighted by molar-refractivity contribution is -0.136. The number of aliphatic hydroxyl groups excluding tert-OH is 1. The quantitative estimate of drug-likeness (QED) is 0.919. The molecule has 0 aromatic heterocycles. The summed E-state index contributed by atoms with van der Waals surface area (Å²) >= 11 is 0. The number of hydrogen-bond donors (Lipinski definition) is 1. The van der Waals surface area contributed by atoms with Crippen molar-refractivity contribution >= 4 is 5.91 Å². The molecule has 1 saturated carbocycles. The summed E-state index contributed by atoms with van der Waals surface area (Å²) in [4.78, 5) is 17.4. The monoisotopic (exact) mass is 342 g/mol. The third-order valence-electron chi connectivity index (χ3n) is 6.35. The summed E-state index contributed by atoms with van der Waals surface area (Å²) in [5, 5.41) is 9.74. The summed E-state index contributed by atoms with van der Waals surface area (Å²) in [5.41, 5.74) is 2.81. The molecule has 1 N–H and O–H groups in total. The van der Waals surface area contributed by atoms with E-state index in [1.54, 1.807) is 0 Å². The van der Waals surface area contributed by atoms with Crippen LogP contribution >= 0.6 is 0 Å². The number of carbonyl (C=O) groups is 1. The van der Waals surface area contributed by atoms with Crippen molar-refractivity contribution in [3.63, 3.8) is 0 Å². The summed E-state index contributed by atoms with van der Waals surface area (Å²) in [5.74, 6) is 0.850. The fourth-order valence-electron chi connectivity index (χ4n) is 5.07. The number of hydrogen-bond acceptors (Lipinski definition) is 3. The molecule has 1 unspecified atom stereocenters. The van der Waals surface area contributed by atoms with Gasteiger partial charge < -0.3 is 10.0 Å². The van der Waals surface area contributed by atoms with Crippen LogP contribution in [0.4, 0.5) is 0 Å². The fourth-order valence-corrected chi connectivity index (χ4v) is 5.07. The van der Waals surface area contributed by atoms with E-state index in [9.17, 15) is 9.90 Å². The van der Waals surface area contributed by atoms with E-state index in [1.807, 2.05) is 0 Å². The molecule has 136 valence electrons. The van der Waals surface area contributed by atoms with Crippen LogP contribution in [0.1, 0.15) is 55.7 Å². The summed E-state index contributed by atoms with van der Waals surface area (Å²) in [6.07, 6.45) is 7.91. The molecule has 1 amide bonds. The number of rotatable bonds is 3. The van der Waals surface area contributed by atoms with Crippen LogP contribution < -0.4 is 0 Å². The number of aliphatic hydroxyl groups is 1. The minimum absolute atomic E-state index is 0.249. The van der Waals surface area contributed by atoms with Gasteiger partial charge in [0.1, 0.15) is 0 Å². The number of amides is 1. The number of carbonyl (C=O) groups excluding carboxylic acids is 1. The minimum Gasteiger partial charge on any atom is -0.392 e. The number of likely N-dealkylation sites (tertiary alicyclic amines) is 1. The summed E-state index contributed by atoms with van der Waals surface area (Å²) in [6, 6.07) is 8.99. The first-order chi connectivity index (χ1) is 12.2. The first-order valence-electron chi connectivity index (χ1n) is 10.00. The number of fused-ring (bicyclic) bond motifs is 1. The molecule has 1 aliphatic carbocycles. The van der Waals surface area contributed by atoms with Gasteiger partial charge in [-0.15, -0.1) is 0 Å². The molecule has 1 aromatic carbocycles. The average Bonchev–Trinajstić information content (AvgIpc) is 3.06. The molecule has 1 aromatic rings. The average molecular weight is 342 g/mol. The zero-order valence-electron chi connectivity index (χ0n) is 15.1. The number of benzene rings is 1. The van der Waals surface area contributed by atoms with Crippen LogP contribution in [0, 0.1) is 5.92 Å². The second kappa shape index (κ2) is 7.46. The molecule has 4 heteroatoms. The maximum absolute atomic E-state index is 13.1. The van der Waals surface area contributed by atoms with E-state index >= 15 is 0 Å². The fraction of sp³-hybridized carbons (Fsp3) is 0.667. The SMILES string of the molecule is O=C(CN1CC[C@@H](O)C1)N1CCc2ccccc2C1C1CCCCC1. The van der Waals surface area contributed by atoms with Gasteiger partial charge in [0, 0.05) is 19.6 Å². The van der Waals surface area contributed by atoms with E-state index in [0.717, 1.165) is 25.9 Å². The van der Waals surface area contributed by atoms with Gasteiger partial charge >= 0.3 is 0 Å². The summed E-state index contributed by atoms with van der Waals surface area (Å²) < 4.78 is 0. The zero-order chi connectivity index (χ0) is 17.2. The minimum atomic E-state index is -0.260. The van der Waals surface area contributed by atoms with Crippen molar-refractivity contribution in [2.45, 2.75) is 57.1 Å². The highest BCUT2D eigenvalue weighted by molar-refractivity contribution is 5.79.